The summed E-state index contributed by atoms with van der Waals surface area (Å²) in [5, 5.41) is 0. The second kappa shape index (κ2) is 5.66. The van der Waals surface area contributed by atoms with Crippen LogP contribution in [0.4, 0.5) is 0 Å². The molecule has 1 spiro atoms. The quantitative estimate of drug-likeness (QED) is 0.512. The molecule has 7 atom stereocenters. The molecule has 7 nitrogen and oxygen atoms in total. The van der Waals surface area contributed by atoms with Crippen LogP contribution in [-0.2, 0) is 44.4 Å². The highest BCUT2D eigenvalue weighted by atomic mass is 16.6. The van der Waals surface area contributed by atoms with Crippen LogP contribution >= 0.6 is 0 Å². The largest absolute Gasteiger partial charge is 0.468 e. The summed E-state index contributed by atoms with van der Waals surface area (Å²) in [6.45, 7) is 0. The Morgan fingerprint density at radius 2 is 1.41 bits per heavy atom. The predicted molar refractivity (Wildman–Crippen MR) is 115 cm³/mol. The van der Waals surface area contributed by atoms with Crippen LogP contribution in [0.5, 0.6) is 0 Å². The van der Waals surface area contributed by atoms with Gasteiger partial charge in [0.05, 0.1) is 25.2 Å². The lowest BCUT2D eigenvalue weighted by atomic mass is 9.48. The maximum absolute atomic E-state index is 14.7. The molecule has 1 heterocycles. The lowest BCUT2D eigenvalue weighted by Gasteiger charge is -2.65. The minimum absolute atomic E-state index is 0.171. The zero-order valence-corrected chi connectivity index (χ0v) is 18.7. The first kappa shape index (κ1) is 20.1. The van der Waals surface area contributed by atoms with Crippen LogP contribution in [0.25, 0.3) is 0 Å². The molecule has 6 aliphatic rings. The first-order valence-electron chi connectivity index (χ1n) is 11.5. The van der Waals surface area contributed by atoms with Crippen molar-refractivity contribution in [3.63, 3.8) is 0 Å². The van der Waals surface area contributed by atoms with Crippen LogP contribution in [0.15, 0.2) is 60.7 Å². The number of ether oxygens (including phenoxy) is 3. The van der Waals surface area contributed by atoms with E-state index in [0.29, 0.717) is 17.5 Å². The number of methoxy groups -OCH3 is 2. The van der Waals surface area contributed by atoms with E-state index in [-0.39, 0.29) is 12.2 Å². The van der Waals surface area contributed by atoms with Crippen molar-refractivity contribution in [2.75, 3.05) is 14.2 Å². The van der Waals surface area contributed by atoms with Crippen molar-refractivity contribution in [1.82, 2.24) is 0 Å². The van der Waals surface area contributed by atoms with E-state index in [0.717, 1.165) is 0 Å². The fraction of sp³-hybridized carbons (Fsp3) is 0.407. The molecule has 7 heteroatoms. The molecule has 5 aliphatic carbocycles. The number of esters is 2. The van der Waals surface area contributed by atoms with Gasteiger partial charge in [-0.15, -0.1) is 0 Å². The minimum Gasteiger partial charge on any atom is -0.468 e. The Morgan fingerprint density at radius 1 is 0.853 bits per heavy atom. The van der Waals surface area contributed by atoms with Crippen LogP contribution in [0.2, 0.25) is 0 Å². The normalized spacial score (nSPS) is 44.2. The summed E-state index contributed by atoms with van der Waals surface area (Å²) >= 11 is 0. The number of hydrogen-bond donors (Lipinski definition) is 0. The van der Waals surface area contributed by atoms with E-state index in [2.05, 4.69) is 0 Å². The Labute approximate surface area is 195 Å². The zero-order valence-electron chi connectivity index (χ0n) is 18.7. The summed E-state index contributed by atoms with van der Waals surface area (Å²) in [4.78, 5) is 55.9. The molecule has 0 aromatic heterocycles. The maximum Gasteiger partial charge on any atom is 0.323 e. The summed E-state index contributed by atoms with van der Waals surface area (Å²) in [6, 6.07) is 18.4. The van der Waals surface area contributed by atoms with Crippen molar-refractivity contribution < 1.29 is 33.4 Å². The van der Waals surface area contributed by atoms with Gasteiger partial charge in [-0.25, -0.2) is 0 Å². The molecule has 1 aliphatic heterocycles. The molecule has 2 aromatic rings. The Morgan fingerprint density at radius 3 is 2.00 bits per heavy atom. The molecule has 6 fully saturated rings. The summed E-state index contributed by atoms with van der Waals surface area (Å²) in [6.07, 6.45) is 0.491. The molecule has 5 saturated carbocycles. The highest BCUT2D eigenvalue weighted by molar-refractivity contribution is 6.28. The summed E-state index contributed by atoms with van der Waals surface area (Å²) < 4.78 is 17.5. The minimum atomic E-state index is -1.87. The van der Waals surface area contributed by atoms with Crippen LogP contribution in [0.3, 0.4) is 0 Å². The van der Waals surface area contributed by atoms with Gasteiger partial charge < -0.3 is 14.2 Å². The highest BCUT2D eigenvalue weighted by Gasteiger charge is 3.15. The number of Topliss-reactive ketones (excluding diaryl/α,β-unsaturated/α-hetero) is 2. The molecule has 7 unspecified atom stereocenters. The van der Waals surface area contributed by atoms with Crippen molar-refractivity contribution in [3.05, 3.63) is 71.8 Å². The van der Waals surface area contributed by atoms with Crippen molar-refractivity contribution in [3.8, 4) is 0 Å². The standard InChI is InChI=1S/C27H22O7/c1-32-21(30)24-18-17(28)13-14-23-19(18)25(20(24)29,22(31)33-2)27(34-23,16-11-7-4-8-12-16)26(23,24)15-9-5-3-6-10-15/h3-12,18-19H,13-14H2,1-2H3. The Hall–Kier alpha value is -3.32. The predicted octanol–water partition coefficient (Wildman–Crippen LogP) is 2.11. The second-order valence-corrected chi connectivity index (χ2v) is 10.0. The smallest absolute Gasteiger partial charge is 0.323 e. The van der Waals surface area contributed by atoms with Crippen LogP contribution in [-0.4, -0.2) is 43.3 Å². The van der Waals surface area contributed by atoms with Gasteiger partial charge in [0, 0.05) is 18.3 Å². The van der Waals surface area contributed by atoms with E-state index in [9.17, 15) is 19.2 Å². The van der Waals surface area contributed by atoms with Crippen LogP contribution in [0.1, 0.15) is 24.0 Å². The number of ketones is 2. The van der Waals surface area contributed by atoms with Crippen LogP contribution in [0, 0.1) is 22.7 Å². The monoisotopic (exact) mass is 458 g/mol. The lowest BCUT2D eigenvalue weighted by molar-refractivity contribution is -0.319. The van der Waals surface area contributed by atoms with Crippen molar-refractivity contribution >= 4 is 23.5 Å². The van der Waals surface area contributed by atoms with Crippen LogP contribution < -0.4 is 0 Å². The molecule has 0 N–H and O–H groups in total. The molecule has 1 saturated heterocycles. The summed E-state index contributed by atoms with van der Waals surface area (Å²) in [5.41, 5.74) is -6.19. The van der Waals surface area contributed by atoms with Gasteiger partial charge in [-0.05, 0) is 17.5 Å². The van der Waals surface area contributed by atoms with Gasteiger partial charge >= 0.3 is 11.9 Å². The highest BCUT2D eigenvalue weighted by Crippen LogP contribution is 3.00. The fourth-order valence-electron chi connectivity index (χ4n) is 9.34. The van der Waals surface area contributed by atoms with E-state index in [1.54, 1.807) is 0 Å². The lowest BCUT2D eigenvalue weighted by Crippen LogP contribution is -2.75. The number of benzene rings is 2. The van der Waals surface area contributed by atoms with Crippen molar-refractivity contribution in [2.45, 2.75) is 29.5 Å². The second-order valence-electron chi connectivity index (χ2n) is 10.0. The maximum atomic E-state index is 14.7. The van der Waals surface area contributed by atoms with Gasteiger partial charge in [0.1, 0.15) is 11.4 Å². The number of rotatable bonds is 4. The topological polar surface area (TPSA) is 96.0 Å². The zero-order chi connectivity index (χ0) is 23.7. The van der Waals surface area contributed by atoms with E-state index in [4.69, 9.17) is 14.2 Å². The van der Waals surface area contributed by atoms with E-state index in [1.165, 1.54) is 14.2 Å². The molecule has 0 amide bonds. The van der Waals surface area contributed by atoms with Gasteiger partial charge in [0.25, 0.3) is 0 Å². The third-order valence-corrected chi connectivity index (χ3v) is 9.62. The van der Waals surface area contributed by atoms with Gasteiger partial charge in [-0.1, -0.05) is 60.7 Å². The van der Waals surface area contributed by atoms with Gasteiger partial charge in [0.2, 0.25) is 0 Å². The Balaban J connectivity index is 1.73. The molecular weight excluding hydrogens is 436 g/mol. The molecule has 172 valence electrons. The third kappa shape index (κ3) is 1.37. The van der Waals surface area contributed by atoms with E-state index in [1.807, 2.05) is 60.7 Å². The summed E-state index contributed by atoms with van der Waals surface area (Å²) in [7, 11) is 2.46. The molecular formula is C27H22O7. The number of carbonyl (C=O) groups is 4. The Kier molecular flexibility index (Phi) is 3.34. The van der Waals surface area contributed by atoms with Gasteiger partial charge in [-0.2, -0.15) is 0 Å². The molecule has 2 aromatic carbocycles. The first-order chi connectivity index (χ1) is 16.4. The van der Waals surface area contributed by atoms with Crippen molar-refractivity contribution in [1.29, 1.82) is 0 Å². The average molecular weight is 458 g/mol. The van der Waals surface area contributed by atoms with Crippen molar-refractivity contribution in [2.24, 2.45) is 22.7 Å². The number of carbonyl (C=O) groups excluding carboxylic acids is 4. The molecule has 0 radical (unpaired) electrons. The molecule has 34 heavy (non-hydrogen) atoms. The van der Waals surface area contributed by atoms with E-state index >= 15 is 0 Å². The first-order valence-corrected chi connectivity index (χ1v) is 11.5. The molecule has 8 rings (SSSR count). The van der Waals surface area contributed by atoms with Gasteiger partial charge in [0.15, 0.2) is 16.6 Å². The fourth-order valence-corrected chi connectivity index (χ4v) is 9.34. The number of hydrogen-bond acceptors (Lipinski definition) is 7. The third-order valence-electron chi connectivity index (χ3n) is 9.62. The van der Waals surface area contributed by atoms with E-state index < -0.39 is 57.0 Å². The Bertz CT molecular complexity index is 1320. The SMILES string of the molecule is COC(=O)C12C(=O)C3(C(=O)OC)C4C(=O)CCC5(OC1(c1ccccc1)C53c1ccccc1)C42. The van der Waals surface area contributed by atoms with Gasteiger partial charge in [-0.3, -0.25) is 19.2 Å². The summed E-state index contributed by atoms with van der Waals surface area (Å²) in [5.74, 6) is -4.14. The average Bonchev–Trinajstić information content (AvgIpc) is 3.46. The molecule has 7 bridgehead atoms.